The van der Waals surface area contributed by atoms with Gasteiger partial charge >= 0.3 is 0 Å². The van der Waals surface area contributed by atoms with Crippen LogP contribution in [0.1, 0.15) is 28.1 Å². The first-order valence-corrected chi connectivity index (χ1v) is 7.60. The van der Waals surface area contributed by atoms with Crippen LogP contribution in [0.5, 0.6) is 5.75 Å². The van der Waals surface area contributed by atoms with E-state index in [0.29, 0.717) is 12.2 Å². The maximum absolute atomic E-state index is 8.73. The van der Waals surface area contributed by atoms with E-state index in [2.05, 4.69) is 10.1 Å². The Morgan fingerprint density at radius 2 is 2.10 bits per heavy atom. The van der Waals surface area contributed by atoms with Gasteiger partial charge in [0.1, 0.15) is 5.75 Å². The minimum atomic E-state index is 0.108. The van der Waals surface area contributed by atoms with Crippen LogP contribution in [0.2, 0.25) is 0 Å². The van der Waals surface area contributed by atoms with E-state index < -0.39 is 0 Å². The second kappa shape index (κ2) is 7.08. The van der Waals surface area contributed by atoms with Crippen molar-refractivity contribution < 1.29 is 9.94 Å². The molecule has 0 aliphatic heterocycles. The van der Waals surface area contributed by atoms with Crippen molar-refractivity contribution in [3.05, 3.63) is 45.4 Å². The molecule has 1 aromatic heterocycles. The highest BCUT2D eigenvalue weighted by molar-refractivity contribution is 7.09. The van der Waals surface area contributed by atoms with Crippen LogP contribution in [0.4, 0.5) is 0 Å². The fourth-order valence-electron chi connectivity index (χ4n) is 2.16. The summed E-state index contributed by atoms with van der Waals surface area (Å²) in [6.07, 6.45) is 3.67. The molecule has 0 amide bonds. The summed E-state index contributed by atoms with van der Waals surface area (Å²) in [7, 11) is 0. The van der Waals surface area contributed by atoms with Crippen molar-refractivity contribution >= 4 is 17.2 Å². The number of rotatable bonds is 6. The molecule has 0 fully saturated rings. The van der Waals surface area contributed by atoms with E-state index in [1.54, 1.807) is 11.3 Å². The van der Waals surface area contributed by atoms with Crippen LogP contribution < -0.4 is 10.5 Å². The maximum Gasteiger partial charge on any atom is 0.170 e. The van der Waals surface area contributed by atoms with Crippen LogP contribution in [-0.4, -0.2) is 22.6 Å². The molecule has 0 radical (unpaired) electrons. The van der Waals surface area contributed by atoms with Gasteiger partial charge in [-0.3, -0.25) is 0 Å². The Bertz CT molecular complexity index is 601. The number of amidine groups is 1. The molecule has 3 N–H and O–H groups in total. The van der Waals surface area contributed by atoms with E-state index >= 15 is 0 Å². The van der Waals surface area contributed by atoms with Gasteiger partial charge in [0.15, 0.2) is 5.84 Å². The van der Waals surface area contributed by atoms with Crippen molar-refractivity contribution in [2.75, 3.05) is 6.61 Å². The third-order valence-electron chi connectivity index (χ3n) is 3.13. The lowest BCUT2D eigenvalue weighted by Gasteiger charge is -2.13. The van der Waals surface area contributed by atoms with Gasteiger partial charge in [-0.15, -0.1) is 11.3 Å². The van der Waals surface area contributed by atoms with Crippen LogP contribution in [0, 0.1) is 13.8 Å². The molecule has 112 valence electrons. The Kier molecular flexibility index (Phi) is 5.16. The molecular weight excluding hydrogens is 286 g/mol. The zero-order valence-electron chi connectivity index (χ0n) is 12.2. The Hall–Kier alpha value is -2.08. The largest absolute Gasteiger partial charge is 0.493 e. The fraction of sp³-hybridized carbons (Fsp3) is 0.333. The Labute approximate surface area is 128 Å². The second-order valence-corrected chi connectivity index (χ2v) is 5.78. The number of hydrogen-bond donors (Lipinski definition) is 2. The zero-order valence-corrected chi connectivity index (χ0v) is 13.0. The molecule has 0 saturated heterocycles. The SMILES string of the molecule is Cc1cc(C(N)=NO)cc(C)c1OCCCc1nccs1. The molecule has 1 aromatic carbocycles. The Morgan fingerprint density at radius 1 is 1.38 bits per heavy atom. The zero-order chi connectivity index (χ0) is 15.2. The van der Waals surface area contributed by atoms with Crippen LogP contribution >= 0.6 is 11.3 Å². The summed E-state index contributed by atoms with van der Waals surface area (Å²) >= 11 is 1.67. The first kappa shape index (κ1) is 15.3. The van der Waals surface area contributed by atoms with E-state index in [4.69, 9.17) is 15.7 Å². The molecule has 2 rings (SSSR count). The number of aromatic nitrogens is 1. The third kappa shape index (κ3) is 3.95. The lowest BCUT2D eigenvalue weighted by Crippen LogP contribution is -2.14. The summed E-state index contributed by atoms with van der Waals surface area (Å²) in [4.78, 5) is 4.25. The molecule has 0 bridgehead atoms. The maximum atomic E-state index is 8.73. The van der Waals surface area contributed by atoms with Crippen LogP contribution in [0.15, 0.2) is 28.9 Å². The van der Waals surface area contributed by atoms with E-state index in [1.807, 2.05) is 37.6 Å². The van der Waals surface area contributed by atoms with Crippen molar-refractivity contribution in [2.45, 2.75) is 26.7 Å². The summed E-state index contributed by atoms with van der Waals surface area (Å²) in [5.41, 5.74) is 8.26. The molecule has 21 heavy (non-hydrogen) atoms. The van der Waals surface area contributed by atoms with Crippen LogP contribution in [-0.2, 0) is 6.42 Å². The molecule has 2 aromatic rings. The number of ether oxygens (including phenoxy) is 1. The van der Waals surface area contributed by atoms with E-state index in [9.17, 15) is 0 Å². The predicted molar refractivity (Wildman–Crippen MR) is 84.4 cm³/mol. The van der Waals surface area contributed by atoms with Crippen molar-refractivity contribution in [3.8, 4) is 5.75 Å². The minimum absolute atomic E-state index is 0.108. The van der Waals surface area contributed by atoms with Crippen LogP contribution in [0.3, 0.4) is 0 Å². The highest BCUT2D eigenvalue weighted by Crippen LogP contribution is 2.25. The topological polar surface area (TPSA) is 80.7 Å². The molecule has 0 unspecified atom stereocenters. The number of oxime groups is 1. The summed E-state index contributed by atoms with van der Waals surface area (Å²) in [5, 5.41) is 14.9. The first-order chi connectivity index (χ1) is 10.1. The lowest BCUT2D eigenvalue weighted by molar-refractivity contribution is 0.307. The molecular formula is C15H19N3O2S. The summed E-state index contributed by atoms with van der Waals surface area (Å²) < 4.78 is 5.87. The quantitative estimate of drug-likeness (QED) is 0.283. The Balaban J connectivity index is 1.97. The van der Waals surface area contributed by atoms with E-state index in [0.717, 1.165) is 34.7 Å². The van der Waals surface area contributed by atoms with Gasteiger partial charge in [0.05, 0.1) is 11.6 Å². The molecule has 5 nitrogen and oxygen atoms in total. The summed E-state index contributed by atoms with van der Waals surface area (Å²) in [6, 6.07) is 3.72. The van der Waals surface area contributed by atoms with Gasteiger partial charge in [0, 0.05) is 23.6 Å². The van der Waals surface area contributed by atoms with Gasteiger partial charge in [-0.25, -0.2) is 4.98 Å². The second-order valence-electron chi connectivity index (χ2n) is 4.80. The van der Waals surface area contributed by atoms with E-state index in [1.165, 1.54) is 0 Å². The molecule has 1 heterocycles. The highest BCUT2D eigenvalue weighted by atomic mass is 32.1. The standard InChI is InChI=1S/C15H19N3O2S/c1-10-8-12(15(16)18-19)9-11(2)14(10)20-6-3-4-13-17-5-7-21-13/h5,7-9,19H,3-4,6H2,1-2H3,(H2,16,18). The van der Waals surface area contributed by atoms with Crippen LogP contribution in [0.25, 0.3) is 0 Å². The minimum Gasteiger partial charge on any atom is -0.493 e. The molecule has 0 spiro atoms. The predicted octanol–water partition coefficient (Wildman–Crippen LogP) is 2.87. The van der Waals surface area contributed by atoms with Gasteiger partial charge < -0.3 is 15.7 Å². The summed E-state index contributed by atoms with van der Waals surface area (Å²) in [5.74, 6) is 0.972. The van der Waals surface area contributed by atoms with Gasteiger partial charge in [-0.1, -0.05) is 5.16 Å². The third-order valence-corrected chi connectivity index (χ3v) is 3.97. The molecule has 6 heteroatoms. The number of nitrogens with zero attached hydrogens (tertiary/aromatic N) is 2. The monoisotopic (exact) mass is 305 g/mol. The van der Waals surface area contributed by atoms with Gasteiger partial charge in [0.2, 0.25) is 0 Å². The number of hydrogen-bond acceptors (Lipinski definition) is 5. The number of thiazole rings is 1. The van der Waals surface area contributed by atoms with Crippen molar-refractivity contribution in [3.63, 3.8) is 0 Å². The molecule has 0 aliphatic carbocycles. The average Bonchev–Trinajstić information content (AvgIpc) is 2.97. The van der Waals surface area contributed by atoms with Gasteiger partial charge in [-0.05, 0) is 43.5 Å². The number of nitrogens with two attached hydrogens (primary N) is 1. The van der Waals surface area contributed by atoms with E-state index in [-0.39, 0.29) is 5.84 Å². The Morgan fingerprint density at radius 3 is 2.67 bits per heavy atom. The molecule has 0 aliphatic rings. The first-order valence-electron chi connectivity index (χ1n) is 6.72. The van der Waals surface area contributed by atoms with Crippen molar-refractivity contribution in [1.82, 2.24) is 4.98 Å². The molecule has 0 atom stereocenters. The molecule has 0 saturated carbocycles. The normalized spacial score (nSPS) is 11.6. The van der Waals surface area contributed by atoms with Crippen molar-refractivity contribution in [1.29, 1.82) is 0 Å². The number of aryl methyl sites for hydroxylation is 3. The average molecular weight is 305 g/mol. The van der Waals surface area contributed by atoms with Gasteiger partial charge in [-0.2, -0.15) is 0 Å². The summed E-state index contributed by atoms with van der Waals surface area (Å²) in [6.45, 7) is 4.55. The van der Waals surface area contributed by atoms with Crippen molar-refractivity contribution in [2.24, 2.45) is 10.9 Å². The van der Waals surface area contributed by atoms with Gasteiger partial charge in [0.25, 0.3) is 0 Å². The fourth-order valence-corrected chi connectivity index (χ4v) is 2.82. The highest BCUT2D eigenvalue weighted by Gasteiger charge is 2.09. The lowest BCUT2D eigenvalue weighted by atomic mass is 10.1. The smallest absolute Gasteiger partial charge is 0.170 e. The number of benzene rings is 1.